The molecule has 8 nitrogen and oxygen atoms in total. The van der Waals surface area contributed by atoms with Crippen LogP contribution in [0.15, 0.2) is 71.4 Å². The lowest BCUT2D eigenvalue weighted by Crippen LogP contribution is -2.56. The Kier molecular flexibility index (Phi) is 4.95. The van der Waals surface area contributed by atoms with Gasteiger partial charge in [-0.25, -0.2) is 0 Å². The Hall–Kier alpha value is -3.94. The van der Waals surface area contributed by atoms with Crippen molar-refractivity contribution in [1.82, 2.24) is 24.8 Å². The molecule has 0 bridgehead atoms. The zero-order valence-corrected chi connectivity index (χ0v) is 17.0. The molecule has 2 aromatic carbocycles. The topological polar surface area (TPSA) is 86.3 Å². The van der Waals surface area contributed by atoms with Crippen LogP contribution in [0.4, 0.5) is 0 Å². The van der Waals surface area contributed by atoms with Crippen LogP contribution in [0.1, 0.15) is 17.4 Å². The first kappa shape index (κ1) is 19.0. The Morgan fingerprint density at radius 3 is 2.55 bits per heavy atom. The van der Waals surface area contributed by atoms with Gasteiger partial charge < -0.3 is 14.2 Å². The van der Waals surface area contributed by atoms with Crippen molar-refractivity contribution in [2.24, 2.45) is 0 Å². The number of ether oxygens (including phenoxy) is 1. The fraction of sp³-hybridized carbons (Fsp3) is 0.217. The summed E-state index contributed by atoms with van der Waals surface area (Å²) in [5.41, 5.74) is 2.20. The predicted molar refractivity (Wildman–Crippen MR) is 113 cm³/mol. The van der Waals surface area contributed by atoms with Crippen molar-refractivity contribution in [3.8, 4) is 28.6 Å². The van der Waals surface area contributed by atoms with Crippen molar-refractivity contribution in [1.29, 1.82) is 0 Å². The lowest BCUT2D eigenvalue weighted by molar-refractivity contribution is 0.0173. The van der Waals surface area contributed by atoms with E-state index < -0.39 is 0 Å². The molecule has 1 fully saturated rings. The Morgan fingerprint density at radius 2 is 1.84 bits per heavy atom. The van der Waals surface area contributed by atoms with E-state index in [1.807, 2.05) is 67.7 Å². The monoisotopic (exact) mass is 415 g/mol. The van der Waals surface area contributed by atoms with Crippen LogP contribution in [0, 0.1) is 0 Å². The minimum Gasteiger partial charge on any atom is -0.487 e. The molecule has 1 saturated heterocycles. The third-order valence-electron chi connectivity index (χ3n) is 5.18. The SMILES string of the molecule is CCn1ccc(C(=O)N2CC(Oc3ccc(-c4nc(-c5ccccc5)no4)cc3)C2)n1. The number of carbonyl (C=O) groups is 1. The van der Waals surface area contributed by atoms with Crippen molar-refractivity contribution in [3.05, 3.63) is 72.6 Å². The highest BCUT2D eigenvalue weighted by Crippen LogP contribution is 2.25. The van der Waals surface area contributed by atoms with Crippen LogP contribution in [0.25, 0.3) is 22.8 Å². The van der Waals surface area contributed by atoms with Gasteiger partial charge >= 0.3 is 0 Å². The Morgan fingerprint density at radius 1 is 1.06 bits per heavy atom. The molecule has 2 aromatic heterocycles. The number of likely N-dealkylation sites (tertiary alicyclic amines) is 1. The molecular formula is C23H21N5O3. The fourth-order valence-electron chi connectivity index (χ4n) is 3.41. The second kappa shape index (κ2) is 8.06. The van der Waals surface area contributed by atoms with Gasteiger partial charge in [-0.2, -0.15) is 10.1 Å². The summed E-state index contributed by atoms with van der Waals surface area (Å²) in [7, 11) is 0. The van der Waals surface area contributed by atoms with E-state index >= 15 is 0 Å². The minimum absolute atomic E-state index is 0.0313. The molecule has 0 aliphatic carbocycles. The summed E-state index contributed by atoms with van der Waals surface area (Å²) >= 11 is 0. The van der Waals surface area contributed by atoms with Crippen molar-refractivity contribution >= 4 is 5.91 Å². The number of aryl methyl sites for hydroxylation is 1. The molecule has 0 spiro atoms. The summed E-state index contributed by atoms with van der Waals surface area (Å²) in [6.45, 7) is 3.82. The maximum Gasteiger partial charge on any atom is 0.274 e. The number of rotatable bonds is 6. The summed E-state index contributed by atoms with van der Waals surface area (Å²) < 4.78 is 13.1. The normalized spacial score (nSPS) is 13.8. The molecule has 156 valence electrons. The van der Waals surface area contributed by atoms with Gasteiger partial charge in [-0.1, -0.05) is 35.5 Å². The highest BCUT2D eigenvalue weighted by Gasteiger charge is 2.33. The third kappa shape index (κ3) is 3.92. The second-order valence-corrected chi connectivity index (χ2v) is 7.32. The molecular weight excluding hydrogens is 394 g/mol. The highest BCUT2D eigenvalue weighted by atomic mass is 16.5. The summed E-state index contributed by atoms with van der Waals surface area (Å²) in [5.74, 6) is 1.68. The maximum absolute atomic E-state index is 12.4. The molecule has 8 heteroatoms. The number of nitrogens with zero attached hydrogens (tertiary/aromatic N) is 5. The van der Waals surface area contributed by atoms with E-state index in [2.05, 4.69) is 15.2 Å². The van der Waals surface area contributed by atoms with Crippen LogP contribution in [0.3, 0.4) is 0 Å². The summed E-state index contributed by atoms with van der Waals surface area (Å²) in [6.07, 6.45) is 1.78. The standard InChI is InChI=1S/C23H21N5O3/c1-2-28-13-12-20(25-28)23(29)27-14-19(15-27)30-18-10-8-17(9-11-18)22-24-21(26-31-22)16-6-4-3-5-7-16/h3-13,19H,2,14-15H2,1H3. The van der Waals surface area contributed by atoms with Gasteiger partial charge in [0.2, 0.25) is 5.82 Å². The van der Waals surface area contributed by atoms with Crippen LogP contribution in [0.5, 0.6) is 5.75 Å². The molecule has 0 unspecified atom stereocenters. The van der Waals surface area contributed by atoms with E-state index in [0.29, 0.717) is 30.5 Å². The number of amides is 1. The average Bonchev–Trinajstić information content (AvgIpc) is 3.47. The van der Waals surface area contributed by atoms with Crippen molar-refractivity contribution in [2.45, 2.75) is 19.6 Å². The van der Waals surface area contributed by atoms with E-state index in [4.69, 9.17) is 9.26 Å². The Bertz CT molecular complexity index is 1180. The molecule has 31 heavy (non-hydrogen) atoms. The predicted octanol–water partition coefficient (Wildman–Crippen LogP) is 3.52. The van der Waals surface area contributed by atoms with Gasteiger partial charge in [0.15, 0.2) is 0 Å². The highest BCUT2D eigenvalue weighted by molar-refractivity contribution is 5.92. The summed E-state index contributed by atoms with van der Waals surface area (Å²) in [5, 5.41) is 8.32. The second-order valence-electron chi connectivity index (χ2n) is 7.32. The van der Waals surface area contributed by atoms with Crippen LogP contribution in [-0.2, 0) is 6.54 Å². The Labute approximate surface area is 179 Å². The van der Waals surface area contributed by atoms with Crippen molar-refractivity contribution < 1.29 is 14.1 Å². The molecule has 0 radical (unpaired) electrons. The van der Waals surface area contributed by atoms with Crippen molar-refractivity contribution in [2.75, 3.05) is 13.1 Å². The minimum atomic E-state index is -0.0620. The first-order valence-corrected chi connectivity index (χ1v) is 10.2. The van der Waals surface area contributed by atoms with Gasteiger partial charge in [-0.15, -0.1) is 0 Å². The van der Waals surface area contributed by atoms with Gasteiger partial charge in [-0.3, -0.25) is 9.48 Å². The van der Waals surface area contributed by atoms with Gasteiger partial charge in [0.25, 0.3) is 11.8 Å². The Balaban J connectivity index is 1.17. The molecule has 0 saturated carbocycles. The zero-order chi connectivity index (χ0) is 21.2. The van der Waals surface area contributed by atoms with Gasteiger partial charge in [0, 0.05) is 23.9 Å². The van der Waals surface area contributed by atoms with E-state index in [1.54, 1.807) is 15.6 Å². The number of hydrogen-bond donors (Lipinski definition) is 0. The summed E-state index contributed by atoms with van der Waals surface area (Å²) in [4.78, 5) is 18.6. The molecule has 0 atom stereocenters. The number of hydrogen-bond acceptors (Lipinski definition) is 6. The zero-order valence-electron chi connectivity index (χ0n) is 17.0. The lowest BCUT2D eigenvalue weighted by Gasteiger charge is -2.38. The van der Waals surface area contributed by atoms with E-state index in [9.17, 15) is 4.79 Å². The molecule has 0 N–H and O–H groups in total. The summed E-state index contributed by atoms with van der Waals surface area (Å²) in [6, 6.07) is 19.0. The fourth-order valence-corrected chi connectivity index (χ4v) is 3.41. The van der Waals surface area contributed by atoms with Crippen LogP contribution in [0.2, 0.25) is 0 Å². The van der Waals surface area contributed by atoms with Crippen molar-refractivity contribution in [3.63, 3.8) is 0 Å². The van der Waals surface area contributed by atoms with Gasteiger partial charge in [-0.05, 0) is 37.3 Å². The quantitative estimate of drug-likeness (QED) is 0.479. The maximum atomic E-state index is 12.4. The van der Waals surface area contributed by atoms with Crippen LogP contribution < -0.4 is 4.74 Å². The number of benzene rings is 2. The van der Waals surface area contributed by atoms with Gasteiger partial charge in [0.1, 0.15) is 17.5 Å². The lowest BCUT2D eigenvalue weighted by atomic mass is 10.1. The molecule has 1 aliphatic rings. The van der Waals surface area contributed by atoms with E-state index in [-0.39, 0.29) is 12.0 Å². The number of carbonyl (C=O) groups excluding carboxylic acids is 1. The largest absolute Gasteiger partial charge is 0.487 e. The first-order valence-electron chi connectivity index (χ1n) is 10.2. The van der Waals surface area contributed by atoms with E-state index in [1.165, 1.54) is 0 Å². The van der Waals surface area contributed by atoms with Gasteiger partial charge in [0.05, 0.1) is 13.1 Å². The van der Waals surface area contributed by atoms with Crippen LogP contribution in [-0.4, -0.2) is 49.9 Å². The third-order valence-corrected chi connectivity index (χ3v) is 5.18. The molecule has 3 heterocycles. The molecule has 1 aliphatic heterocycles. The molecule has 5 rings (SSSR count). The molecule has 4 aromatic rings. The molecule has 1 amide bonds. The van der Waals surface area contributed by atoms with Crippen LogP contribution >= 0.6 is 0 Å². The smallest absolute Gasteiger partial charge is 0.274 e. The number of aromatic nitrogens is 4. The average molecular weight is 415 g/mol. The van der Waals surface area contributed by atoms with E-state index in [0.717, 1.165) is 23.4 Å². The first-order chi connectivity index (χ1) is 15.2.